The molecule has 0 spiro atoms. The minimum absolute atomic E-state index is 0.0771. The predicted molar refractivity (Wildman–Crippen MR) is 246 cm³/mol. The van der Waals surface area contributed by atoms with E-state index < -0.39 is 9.85 Å². The first-order chi connectivity index (χ1) is 30.0. The molecule has 14 heteroatoms. The molecule has 318 valence electrons. The van der Waals surface area contributed by atoms with Gasteiger partial charge < -0.3 is 9.80 Å². The van der Waals surface area contributed by atoms with Gasteiger partial charge in [0.05, 0.1) is 65.4 Å². The lowest BCUT2D eigenvalue weighted by Crippen LogP contribution is -2.34. The van der Waals surface area contributed by atoms with Crippen molar-refractivity contribution < 1.29 is 19.4 Å². The number of unbranched alkanes of at least 4 members (excludes halogenated alkanes) is 2. The number of nitrogens with zero attached hydrogens (tertiary/aromatic N) is 6. The molecule has 2 atom stereocenters. The van der Waals surface area contributed by atoms with Crippen LogP contribution in [0.15, 0.2) is 83.9 Å². The Labute approximate surface area is 369 Å². The van der Waals surface area contributed by atoms with Crippen molar-refractivity contribution in [3.63, 3.8) is 0 Å². The van der Waals surface area contributed by atoms with Crippen molar-refractivity contribution >= 4 is 80.6 Å². The summed E-state index contributed by atoms with van der Waals surface area (Å²) in [6, 6.07) is 23.6. The number of carbonyl (C=O) groups excluding carboxylic acids is 2. The highest BCUT2D eigenvalue weighted by molar-refractivity contribution is 7.14. The zero-order valence-electron chi connectivity index (χ0n) is 35.3. The highest BCUT2D eigenvalue weighted by Gasteiger charge is 2.50. The fraction of sp³-hybridized carbons (Fsp3) is 0.333. The average molecular weight is 869 g/mol. The lowest BCUT2D eigenvalue weighted by Gasteiger charge is -2.29. The van der Waals surface area contributed by atoms with Crippen LogP contribution in [0.25, 0.3) is 34.7 Å². The number of nitro benzene ring substituents is 2. The Morgan fingerprint density at radius 1 is 0.629 bits per heavy atom. The van der Waals surface area contributed by atoms with Crippen LogP contribution in [0, 0.1) is 54.7 Å². The molecule has 12 nitrogen and oxygen atoms in total. The average Bonchev–Trinajstić information content (AvgIpc) is 4.07. The summed E-state index contributed by atoms with van der Waals surface area (Å²) < 4.78 is 0. The van der Waals surface area contributed by atoms with Gasteiger partial charge in [0.1, 0.15) is 0 Å². The summed E-state index contributed by atoms with van der Waals surface area (Å²) in [5, 5.41) is 42.8. The number of rotatable bonds is 20. The largest absolute Gasteiger partial charge is 0.306 e. The number of carbonyl (C=O) groups is 2. The molecule has 6 rings (SSSR count). The fourth-order valence-corrected chi connectivity index (χ4v) is 9.92. The third-order valence-corrected chi connectivity index (χ3v) is 13.5. The minimum atomic E-state index is -0.489. The second-order valence-electron chi connectivity index (χ2n) is 15.5. The van der Waals surface area contributed by atoms with Crippen molar-refractivity contribution in [1.29, 1.82) is 10.5 Å². The summed E-state index contributed by atoms with van der Waals surface area (Å²) in [5.74, 6) is -0.0896. The van der Waals surface area contributed by atoms with Gasteiger partial charge in [-0.2, -0.15) is 10.5 Å². The van der Waals surface area contributed by atoms with Crippen molar-refractivity contribution in [1.82, 2.24) is 9.80 Å². The molecule has 4 heterocycles. The van der Waals surface area contributed by atoms with Crippen molar-refractivity contribution in [2.24, 2.45) is 11.8 Å². The van der Waals surface area contributed by atoms with Crippen LogP contribution >= 0.6 is 22.7 Å². The van der Waals surface area contributed by atoms with Crippen LogP contribution < -0.4 is 0 Å². The first-order valence-corrected chi connectivity index (χ1v) is 22.7. The smallest absolute Gasteiger partial charge is 0.269 e. The second-order valence-corrected chi connectivity index (χ2v) is 17.7. The van der Waals surface area contributed by atoms with E-state index in [0.717, 1.165) is 61.1 Å². The maximum absolute atomic E-state index is 15.1. The van der Waals surface area contributed by atoms with Gasteiger partial charge >= 0.3 is 0 Å². The Bertz CT molecular complexity index is 2390. The van der Waals surface area contributed by atoms with E-state index in [1.54, 1.807) is 46.2 Å². The van der Waals surface area contributed by atoms with Crippen LogP contribution in [0.5, 0.6) is 0 Å². The van der Waals surface area contributed by atoms with Gasteiger partial charge in [0.2, 0.25) is 0 Å². The van der Waals surface area contributed by atoms with E-state index in [1.807, 2.05) is 24.3 Å². The maximum atomic E-state index is 15.1. The van der Waals surface area contributed by atoms with Gasteiger partial charge in [-0.1, -0.05) is 66.2 Å². The van der Waals surface area contributed by atoms with E-state index in [1.165, 1.54) is 46.9 Å². The Morgan fingerprint density at radius 3 is 1.31 bits per heavy atom. The first-order valence-electron chi connectivity index (χ1n) is 21.0. The van der Waals surface area contributed by atoms with E-state index in [-0.39, 0.29) is 35.0 Å². The van der Waals surface area contributed by atoms with Gasteiger partial charge in [-0.3, -0.25) is 29.8 Å². The SMILES string of the molecule is CCCCC(CC)CN1C(=O)C2=C(c3ccc(/C=C(/C#N)c4ccc([N+](=O)[O-])cc4)s3)N(CC(CC)CCCC)C(=O)C2=C1c1ccc(/C=C(\C#N)c2ccc([N+](=O)[O-])cc2)s1. The summed E-state index contributed by atoms with van der Waals surface area (Å²) in [6.45, 7) is 9.39. The fourth-order valence-electron chi connectivity index (χ4n) is 7.89. The number of benzene rings is 2. The van der Waals surface area contributed by atoms with Gasteiger partial charge in [0.15, 0.2) is 0 Å². The number of nitriles is 2. The molecule has 62 heavy (non-hydrogen) atoms. The number of thiophene rings is 2. The van der Waals surface area contributed by atoms with Gasteiger partial charge in [0, 0.05) is 47.1 Å². The molecule has 0 fully saturated rings. The summed E-state index contributed by atoms with van der Waals surface area (Å²) in [7, 11) is 0. The highest BCUT2D eigenvalue weighted by atomic mass is 32.1. The minimum Gasteiger partial charge on any atom is -0.306 e. The Morgan fingerprint density at radius 2 is 1.00 bits per heavy atom. The second kappa shape index (κ2) is 20.4. The Balaban J connectivity index is 1.50. The first kappa shape index (κ1) is 45.1. The van der Waals surface area contributed by atoms with Crippen LogP contribution in [-0.2, 0) is 9.59 Å². The van der Waals surface area contributed by atoms with Gasteiger partial charge in [0.25, 0.3) is 23.2 Å². The van der Waals surface area contributed by atoms with Gasteiger partial charge in [-0.15, -0.1) is 22.7 Å². The molecule has 0 aliphatic carbocycles. The topological polar surface area (TPSA) is 174 Å². The number of hydrogen-bond donors (Lipinski definition) is 0. The molecule has 0 N–H and O–H groups in total. The standard InChI is InChI=1S/C48H48N6O6S2/c1-5-9-11-31(7-3)29-51-45(41-23-21-39(61-41)25-35(27-49)33-13-17-37(18-14-33)53(57)58)43-44(47(51)55)46(52(48(43)56)30-32(8-4)12-10-6-2)42-24-22-40(62-42)26-36(28-50)34-15-19-38(20-16-34)54(59)60/h13-26,31-32H,5-12,29-30H2,1-4H3/b35-25-,36-26+. The van der Waals surface area contributed by atoms with E-state index >= 15 is 9.59 Å². The molecule has 2 aromatic heterocycles. The number of non-ortho nitro benzene ring substituents is 2. The third kappa shape index (κ3) is 9.68. The summed E-state index contributed by atoms with van der Waals surface area (Å²) in [6.07, 6.45) is 11.0. The summed E-state index contributed by atoms with van der Waals surface area (Å²) >= 11 is 2.75. The summed E-state index contributed by atoms with van der Waals surface area (Å²) in [4.78, 5) is 58.2. The molecule has 0 saturated carbocycles. The number of amides is 2. The zero-order valence-corrected chi connectivity index (χ0v) is 36.9. The van der Waals surface area contributed by atoms with Crippen LogP contribution in [0.2, 0.25) is 0 Å². The monoisotopic (exact) mass is 868 g/mol. The van der Waals surface area contributed by atoms with Crippen molar-refractivity contribution in [3.05, 3.63) is 135 Å². The molecule has 2 aliphatic rings. The van der Waals surface area contributed by atoms with Crippen LogP contribution in [0.4, 0.5) is 11.4 Å². The number of hydrogen-bond acceptors (Lipinski definition) is 10. The molecule has 0 radical (unpaired) electrons. The summed E-state index contributed by atoms with van der Waals surface area (Å²) in [5.41, 5.74) is 3.38. The zero-order chi connectivity index (χ0) is 44.5. The lowest BCUT2D eigenvalue weighted by atomic mass is 9.98. The van der Waals surface area contributed by atoms with Crippen LogP contribution in [-0.4, -0.2) is 44.6 Å². The van der Waals surface area contributed by atoms with Gasteiger partial charge in [-0.05, 0) is 96.5 Å². The highest BCUT2D eigenvalue weighted by Crippen LogP contribution is 2.50. The number of nitro groups is 2. The van der Waals surface area contributed by atoms with Crippen molar-refractivity contribution in [2.75, 3.05) is 13.1 Å². The van der Waals surface area contributed by atoms with E-state index in [4.69, 9.17) is 0 Å². The number of allylic oxidation sites excluding steroid dienone is 2. The molecular formula is C48H48N6O6S2. The molecule has 2 aromatic carbocycles. The van der Waals surface area contributed by atoms with E-state index in [9.17, 15) is 30.8 Å². The van der Waals surface area contributed by atoms with Crippen molar-refractivity contribution in [2.45, 2.75) is 79.1 Å². The molecule has 2 aliphatic heterocycles. The van der Waals surface area contributed by atoms with E-state index in [2.05, 4.69) is 39.8 Å². The quantitative estimate of drug-likeness (QED) is 0.0479. The molecular weight excluding hydrogens is 821 g/mol. The molecule has 2 unspecified atom stereocenters. The Hall–Kier alpha value is -6.48. The normalized spacial score (nSPS) is 15.3. The van der Waals surface area contributed by atoms with E-state index in [0.29, 0.717) is 67.7 Å². The maximum Gasteiger partial charge on any atom is 0.269 e. The lowest BCUT2D eigenvalue weighted by molar-refractivity contribution is -0.385. The molecule has 0 saturated heterocycles. The third-order valence-electron chi connectivity index (χ3n) is 11.5. The molecule has 2 amide bonds. The Kier molecular flexibility index (Phi) is 14.8. The molecule has 4 aromatic rings. The van der Waals surface area contributed by atoms with Crippen molar-refractivity contribution in [3.8, 4) is 12.1 Å². The van der Waals surface area contributed by atoms with Crippen LogP contribution in [0.1, 0.15) is 110 Å². The predicted octanol–water partition coefficient (Wildman–Crippen LogP) is 12.0. The molecule has 0 bridgehead atoms. The van der Waals surface area contributed by atoms with Crippen LogP contribution in [0.3, 0.4) is 0 Å². The van der Waals surface area contributed by atoms with Gasteiger partial charge in [-0.25, -0.2) is 0 Å². The number of fused-ring (bicyclic) bond motifs is 1.